The molecule has 1 saturated heterocycles. The van der Waals surface area contributed by atoms with Crippen molar-refractivity contribution >= 4 is 33.5 Å². The van der Waals surface area contributed by atoms with Gasteiger partial charge in [-0.25, -0.2) is 9.97 Å². The van der Waals surface area contributed by atoms with Gasteiger partial charge in [0.1, 0.15) is 16.2 Å². The smallest absolute Gasteiger partial charge is 0.135 e. The highest BCUT2D eigenvalue weighted by molar-refractivity contribution is 9.10. The topological polar surface area (TPSA) is 29.0 Å². The minimum Gasteiger partial charge on any atom is -0.356 e. The van der Waals surface area contributed by atoms with Crippen molar-refractivity contribution in [1.82, 2.24) is 9.97 Å². The standard InChI is InChI=1S/C12H16BrN3S/c13-10-8-11(15-12(14-10)9-2-3-9)16-4-1-6-17-7-5-16/h8-9H,1-7H2. The molecule has 0 N–H and O–H groups in total. The van der Waals surface area contributed by atoms with E-state index in [0.29, 0.717) is 5.92 Å². The molecule has 1 aliphatic carbocycles. The highest BCUT2D eigenvalue weighted by Crippen LogP contribution is 2.39. The summed E-state index contributed by atoms with van der Waals surface area (Å²) in [7, 11) is 0. The number of anilines is 1. The van der Waals surface area contributed by atoms with Gasteiger partial charge in [-0.3, -0.25) is 0 Å². The molecular weight excluding hydrogens is 298 g/mol. The van der Waals surface area contributed by atoms with Crippen LogP contribution >= 0.6 is 27.7 Å². The maximum absolute atomic E-state index is 4.74. The molecule has 3 nitrogen and oxygen atoms in total. The summed E-state index contributed by atoms with van der Waals surface area (Å²) in [4.78, 5) is 11.6. The van der Waals surface area contributed by atoms with E-state index in [-0.39, 0.29) is 0 Å². The van der Waals surface area contributed by atoms with Crippen molar-refractivity contribution in [3.05, 3.63) is 16.5 Å². The Labute approximate surface area is 115 Å². The first-order valence-corrected chi connectivity index (χ1v) is 8.15. The molecule has 1 aliphatic heterocycles. The van der Waals surface area contributed by atoms with Crippen molar-refractivity contribution in [2.24, 2.45) is 0 Å². The number of nitrogens with zero attached hydrogens (tertiary/aromatic N) is 3. The van der Waals surface area contributed by atoms with Crippen LogP contribution in [0, 0.1) is 0 Å². The Hall–Kier alpha value is -0.290. The number of halogens is 1. The summed E-state index contributed by atoms with van der Waals surface area (Å²) in [6.45, 7) is 2.23. The third-order valence-electron chi connectivity index (χ3n) is 3.19. The SMILES string of the molecule is Brc1cc(N2CCCSCC2)nc(C2CC2)n1. The van der Waals surface area contributed by atoms with Crippen LogP contribution in [0.1, 0.15) is 31.0 Å². The molecule has 0 aromatic carbocycles. The summed E-state index contributed by atoms with van der Waals surface area (Å²) in [5.74, 6) is 5.24. The molecule has 17 heavy (non-hydrogen) atoms. The second-order valence-electron chi connectivity index (χ2n) is 4.63. The van der Waals surface area contributed by atoms with Gasteiger partial charge in [0.2, 0.25) is 0 Å². The van der Waals surface area contributed by atoms with E-state index >= 15 is 0 Å². The van der Waals surface area contributed by atoms with E-state index in [0.717, 1.165) is 29.3 Å². The van der Waals surface area contributed by atoms with Crippen LogP contribution < -0.4 is 4.90 Å². The first-order chi connectivity index (χ1) is 8.33. The van der Waals surface area contributed by atoms with E-state index < -0.39 is 0 Å². The molecule has 2 heterocycles. The molecule has 0 radical (unpaired) electrons. The Bertz CT molecular complexity index is 401. The van der Waals surface area contributed by atoms with E-state index in [4.69, 9.17) is 4.98 Å². The lowest BCUT2D eigenvalue weighted by atomic mass is 10.3. The highest BCUT2D eigenvalue weighted by atomic mass is 79.9. The highest BCUT2D eigenvalue weighted by Gasteiger charge is 2.27. The second kappa shape index (κ2) is 5.14. The van der Waals surface area contributed by atoms with Crippen LogP contribution in [0.25, 0.3) is 0 Å². The number of rotatable bonds is 2. The molecule has 5 heteroatoms. The van der Waals surface area contributed by atoms with Crippen LogP contribution in [0.5, 0.6) is 0 Å². The van der Waals surface area contributed by atoms with Crippen LogP contribution in [-0.4, -0.2) is 34.6 Å². The predicted molar refractivity (Wildman–Crippen MR) is 75.9 cm³/mol. The first kappa shape index (κ1) is 11.8. The van der Waals surface area contributed by atoms with Gasteiger partial charge >= 0.3 is 0 Å². The summed E-state index contributed by atoms with van der Waals surface area (Å²) < 4.78 is 0.932. The van der Waals surface area contributed by atoms with Crippen molar-refractivity contribution in [3.63, 3.8) is 0 Å². The van der Waals surface area contributed by atoms with Gasteiger partial charge < -0.3 is 4.90 Å². The molecule has 2 fully saturated rings. The molecule has 0 spiro atoms. The van der Waals surface area contributed by atoms with Gasteiger partial charge in [-0.15, -0.1) is 0 Å². The van der Waals surface area contributed by atoms with Gasteiger partial charge in [0.05, 0.1) is 0 Å². The lowest BCUT2D eigenvalue weighted by molar-refractivity contribution is 0.784. The quantitative estimate of drug-likeness (QED) is 0.785. The van der Waals surface area contributed by atoms with Gasteiger partial charge in [-0.05, 0) is 40.9 Å². The molecule has 1 aromatic heterocycles. The Balaban J connectivity index is 1.84. The fourth-order valence-corrected chi connectivity index (χ4v) is 3.36. The van der Waals surface area contributed by atoms with Crippen LogP contribution in [0.15, 0.2) is 10.7 Å². The van der Waals surface area contributed by atoms with Gasteiger partial charge in [0, 0.05) is 30.8 Å². The number of hydrogen-bond acceptors (Lipinski definition) is 4. The summed E-state index contributed by atoms with van der Waals surface area (Å²) in [5.41, 5.74) is 0. The Morgan fingerprint density at radius 3 is 2.94 bits per heavy atom. The van der Waals surface area contributed by atoms with Gasteiger partial charge in [0.25, 0.3) is 0 Å². The lowest BCUT2D eigenvalue weighted by Gasteiger charge is -2.21. The largest absolute Gasteiger partial charge is 0.356 e. The van der Waals surface area contributed by atoms with Gasteiger partial charge in [-0.2, -0.15) is 11.8 Å². The predicted octanol–water partition coefficient (Wildman–Crippen LogP) is 3.06. The van der Waals surface area contributed by atoms with Crippen molar-refractivity contribution < 1.29 is 0 Å². The summed E-state index contributed by atoms with van der Waals surface area (Å²) in [5, 5.41) is 0. The van der Waals surface area contributed by atoms with Gasteiger partial charge in [-0.1, -0.05) is 0 Å². The first-order valence-electron chi connectivity index (χ1n) is 6.20. The summed E-state index contributed by atoms with van der Waals surface area (Å²) in [6.07, 6.45) is 3.77. The second-order valence-corrected chi connectivity index (χ2v) is 6.67. The average molecular weight is 314 g/mol. The maximum atomic E-state index is 4.74. The molecule has 0 bridgehead atoms. The molecular formula is C12H16BrN3S. The van der Waals surface area contributed by atoms with E-state index in [1.807, 2.05) is 11.8 Å². The fraction of sp³-hybridized carbons (Fsp3) is 0.667. The molecule has 0 atom stereocenters. The maximum Gasteiger partial charge on any atom is 0.135 e. The number of hydrogen-bond donors (Lipinski definition) is 0. The minimum absolute atomic E-state index is 0.618. The van der Waals surface area contributed by atoms with Crippen LogP contribution in [0.3, 0.4) is 0 Å². The third-order valence-corrected chi connectivity index (χ3v) is 4.64. The lowest BCUT2D eigenvalue weighted by Crippen LogP contribution is -2.26. The van der Waals surface area contributed by atoms with Crippen LogP contribution in [0.4, 0.5) is 5.82 Å². The monoisotopic (exact) mass is 313 g/mol. The van der Waals surface area contributed by atoms with E-state index in [1.165, 1.54) is 30.8 Å². The zero-order valence-electron chi connectivity index (χ0n) is 9.73. The molecule has 1 saturated carbocycles. The normalized spacial score (nSPS) is 21.4. The summed E-state index contributed by atoms with van der Waals surface area (Å²) in [6, 6.07) is 2.06. The minimum atomic E-state index is 0.618. The molecule has 2 aliphatic rings. The van der Waals surface area contributed by atoms with Crippen molar-refractivity contribution in [2.45, 2.75) is 25.2 Å². The Kier molecular flexibility index (Phi) is 3.56. The zero-order chi connectivity index (χ0) is 11.7. The van der Waals surface area contributed by atoms with E-state index in [9.17, 15) is 0 Å². The molecule has 0 amide bonds. The van der Waals surface area contributed by atoms with Crippen molar-refractivity contribution in [3.8, 4) is 0 Å². The van der Waals surface area contributed by atoms with Crippen molar-refractivity contribution in [2.75, 3.05) is 29.5 Å². The number of aromatic nitrogens is 2. The van der Waals surface area contributed by atoms with Crippen LogP contribution in [0.2, 0.25) is 0 Å². The Morgan fingerprint density at radius 1 is 1.24 bits per heavy atom. The van der Waals surface area contributed by atoms with Crippen LogP contribution in [-0.2, 0) is 0 Å². The van der Waals surface area contributed by atoms with E-state index in [2.05, 4.69) is 31.9 Å². The molecule has 3 rings (SSSR count). The third kappa shape index (κ3) is 2.94. The molecule has 0 unspecified atom stereocenters. The Morgan fingerprint density at radius 2 is 2.12 bits per heavy atom. The molecule has 92 valence electrons. The average Bonchev–Trinajstić information content (AvgIpc) is 3.16. The van der Waals surface area contributed by atoms with Gasteiger partial charge in [0.15, 0.2) is 0 Å². The molecule has 1 aromatic rings. The fourth-order valence-electron chi connectivity index (χ4n) is 2.08. The summed E-state index contributed by atoms with van der Waals surface area (Å²) >= 11 is 5.56. The number of thioether (sulfide) groups is 1. The van der Waals surface area contributed by atoms with E-state index in [1.54, 1.807) is 0 Å². The van der Waals surface area contributed by atoms with Crippen molar-refractivity contribution in [1.29, 1.82) is 0 Å². The zero-order valence-corrected chi connectivity index (χ0v) is 12.1.